The molecule has 0 aromatic heterocycles. The molecule has 0 unspecified atom stereocenters. The van der Waals surface area contributed by atoms with Crippen molar-refractivity contribution in [2.45, 2.75) is 6.18 Å². The summed E-state index contributed by atoms with van der Waals surface area (Å²) < 4.78 is 38.8. The van der Waals surface area contributed by atoms with Crippen molar-refractivity contribution in [3.63, 3.8) is 0 Å². The number of halogens is 3. The number of benzene rings is 3. The van der Waals surface area contributed by atoms with E-state index in [1.165, 1.54) is 12.1 Å². The zero-order valence-electron chi connectivity index (χ0n) is 14.7. The van der Waals surface area contributed by atoms with Crippen LogP contribution in [0.15, 0.2) is 84.9 Å². The van der Waals surface area contributed by atoms with Gasteiger partial charge in [0.25, 0.3) is 0 Å². The van der Waals surface area contributed by atoms with Gasteiger partial charge in [-0.05, 0) is 40.5 Å². The minimum Gasteiger partial charge on any atom is -0.325 e. The zero-order chi connectivity index (χ0) is 19.7. The van der Waals surface area contributed by atoms with Gasteiger partial charge >= 0.3 is 6.18 Å². The predicted molar refractivity (Wildman–Crippen MR) is 103 cm³/mol. The van der Waals surface area contributed by atoms with Crippen molar-refractivity contribution < 1.29 is 18.0 Å². The monoisotopic (exact) mass is 379 g/mol. The van der Waals surface area contributed by atoms with Crippen LogP contribution in [0.3, 0.4) is 0 Å². The molecule has 140 valence electrons. The highest BCUT2D eigenvalue weighted by Crippen LogP contribution is 2.53. The molecule has 5 heteroatoms. The second-order valence-electron chi connectivity index (χ2n) is 6.56. The lowest BCUT2D eigenvalue weighted by molar-refractivity contribution is -0.137. The average molecular weight is 379 g/mol. The maximum absolute atomic E-state index is 12.9. The van der Waals surface area contributed by atoms with Crippen LogP contribution in [0, 0.1) is 5.92 Å². The third kappa shape index (κ3) is 3.56. The molecular formula is C23H16F3NO. The quantitative estimate of drug-likeness (QED) is 0.602. The molecule has 0 saturated carbocycles. The van der Waals surface area contributed by atoms with Crippen LogP contribution in [0.2, 0.25) is 0 Å². The van der Waals surface area contributed by atoms with Crippen LogP contribution in [0.4, 0.5) is 18.9 Å². The highest BCUT2D eigenvalue weighted by atomic mass is 19.4. The molecule has 1 amide bonds. The van der Waals surface area contributed by atoms with Crippen molar-refractivity contribution in [2.24, 2.45) is 5.92 Å². The average Bonchev–Trinajstić information content (AvgIpc) is 3.45. The van der Waals surface area contributed by atoms with E-state index < -0.39 is 17.7 Å². The van der Waals surface area contributed by atoms with Crippen LogP contribution >= 0.6 is 0 Å². The largest absolute Gasteiger partial charge is 0.416 e. The lowest BCUT2D eigenvalue weighted by atomic mass is 10.1. The van der Waals surface area contributed by atoms with Crippen LogP contribution in [-0.4, -0.2) is 5.91 Å². The molecule has 0 saturated heterocycles. The van der Waals surface area contributed by atoms with E-state index in [1.54, 1.807) is 0 Å². The van der Waals surface area contributed by atoms with Gasteiger partial charge < -0.3 is 5.32 Å². The molecule has 1 aliphatic carbocycles. The van der Waals surface area contributed by atoms with E-state index in [-0.39, 0.29) is 11.6 Å². The third-order valence-electron chi connectivity index (χ3n) is 4.67. The van der Waals surface area contributed by atoms with E-state index in [0.717, 1.165) is 34.4 Å². The summed E-state index contributed by atoms with van der Waals surface area (Å²) in [6.45, 7) is 0. The first-order chi connectivity index (χ1) is 13.4. The molecular weight excluding hydrogens is 363 g/mol. The lowest BCUT2D eigenvalue weighted by Gasteiger charge is -2.10. The van der Waals surface area contributed by atoms with Gasteiger partial charge in [-0.2, -0.15) is 13.2 Å². The van der Waals surface area contributed by atoms with Crippen LogP contribution in [0.5, 0.6) is 0 Å². The predicted octanol–water partition coefficient (Wildman–Crippen LogP) is 5.88. The highest BCUT2D eigenvalue weighted by molar-refractivity contribution is 6.25. The minimum atomic E-state index is -4.46. The van der Waals surface area contributed by atoms with E-state index in [2.05, 4.69) is 5.32 Å². The number of carbonyl (C=O) groups is 1. The summed E-state index contributed by atoms with van der Waals surface area (Å²) >= 11 is 0. The summed E-state index contributed by atoms with van der Waals surface area (Å²) in [5.74, 6) is -0.823. The van der Waals surface area contributed by atoms with Gasteiger partial charge in [0.05, 0.1) is 11.5 Å². The van der Waals surface area contributed by atoms with Crippen LogP contribution in [0.25, 0.3) is 11.1 Å². The van der Waals surface area contributed by atoms with Gasteiger partial charge in [-0.25, -0.2) is 0 Å². The van der Waals surface area contributed by atoms with Crippen molar-refractivity contribution in [1.29, 1.82) is 0 Å². The Morgan fingerprint density at radius 1 is 0.750 bits per heavy atom. The molecule has 0 bridgehead atoms. The lowest BCUT2D eigenvalue weighted by Crippen LogP contribution is -2.17. The molecule has 1 aliphatic rings. The van der Waals surface area contributed by atoms with Gasteiger partial charge in [-0.1, -0.05) is 66.7 Å². The van der Waals surface area contributed by atoms with Gasteiger partial charge in [0, 0.05) is 5.69 Å². The summed E-state index contributed by atoms with van der Waals surface area (Å²) in [5, 5.41) is 2.64. The van der Waals surface area contributed by atoms with E-state index in [1.807, 2.05) is 60.7 Å². The van der Waals surface area contributed by atoms with Crippen LogP contribution in [-0.2, 0) is 11.0 Å². The molecule has 4 rings (SSSR count). The third-order valence-corrected chi connectivity index (χ3v) is 4.67. The van der Waals surface area contributed by atoms with Gasteiger partial charge in [-0.3, -0.25) is 4.79 Å². The summed E-state index contributed by atoms with van der Waals surface area (Å²) in [4.78, 5) is 12.9. The fraction of sp³-hybridized carbons (Fsp3) is 0.0870. The number of alkyl halides is 3. The molecule has 0 heterocycles. The number of rotatable bonds is 4. The van der Waals surface area contributed by atoms with E-state index in [9.17, 15) is 18.0 Å². The number of nitrogens with one attached hydrogen (secondary N) is 1. The van der Waals surface area contributed by atoms with Gasteiger partial charge in [0.1, 0.15) is 0 Å². The van der Waals surface area contributed by atoms with Crippen molar-refractivity contribution in [3.8, 4) is 0 Å². The fourth-order valence-electron chi connectivity index (χ4n) is 3.35. The van der Waals surface area contributed by atoms with E-state index in [4.69, 9.17) is 0 Å². The highest BCUT2D eigenvalue weighted by Gasteiger charge is 2.43. The molecule has 28 heavy (non-hydrogen) atoms. The van der Waals surface area contributed by atoms with Crippen LogP contribution < -0.4 is 5.32 Å². The molecule has 0 radical (unpaired) electrons. The molecule has 3 aromatic carbocycles. The van der Waals surface area contributed by atoms with Crippen LogP contribution in [0.1, 0.15) is 16.7 Å². The summed E-state index contributed by atoms with van der Waals surface area (Å²) in [6.07, 6.45) is -4.46. The first-order valence-corrected chi connectivity index (χ1v) is 8.78. The number of amides is 1. The molecule has 3 aromatic rings. The number of hydrogen-bond donors (Lipinski definition) is 1. The molecule has 1 N–H and O–H groups in total. The summed E-state index contributed by atoms with van der Waals surface area (Å²) in [5.41, 5.74) is 3.01. The molecule has 2 nitrogen and oxygen atoms in total. The molecule has 0 fully saturated rings. The van der Waals surface area contributed by atoms with Crippen molar-refractivity contribution in [1.82, 2.24) is 0 Å². The Morgan fingerprint density at radius 3 is 1.79 bits per heavy atom. The van der Waals surface area contributed by atoms with Crippen molar-refractivity contribution in [3.05, 3.63) is 102 Å². The van der Waals surface area contributed by atoms with Gasteiger partial charge in [-0.15, -0.1) is 0 Å². The smallest absolute Gasteiger partial charge is 0.325 e. The Balaban J connectivity index is 1.61. The van der Waals surface area contributed by atoms with Crippen molar-refractivity contribution >= 4 is 22.7 Å². The van der Waals surface area contributed by atoms with E-state index in [0.29, 0.717) is 0 Å². The van der Waals surface area contributed by atoms with E-state index >= 15 is 0 Å². The first kappa shape index (κ1) is 18.0. The molecule has 0 spiro atoms. The van der Waals surface area contributed by atoms with Gasteiger partial charge in [0.15, 0.2) is 0 Å². The summed E-state index contributed by atoms with van der Waals surface area (Å²) in [7, 11) is 0. The Labute approximate surface area is 160 Å². The Hall–Kier alpha value is -3.34. The maximum Gasteiger partial charge on any atom is 0.416 e. The molecule has 0 aliphatic heterocycles. The Kier molecular flexibility index (Phi) is 4.51. The zero-order valence-corrected chi connectivity index (χ0v) is 14.7. The SMILES string of the molecule is O=C(Nc1cccc(C(F)(F)F)c1)C1C(c2ccccc2)=C1c1ccccc1. The standard InChI is InChI=1S/C23H16F3NO/c24-23(25,26)17-12-7-13-18(14-17)27-22(28)21-19(15-8-3-1-4-9-15)20(21)16-10-5-2-6-11-16/h1-14,21H,(H,27,28). The number of carbonyl (C=O) groups excluding carboxylic acids is 1. The first-order valence-electron chi connectivity index (χ1n) is 8.78. The second kappa shape index (κ2) is 7.00. The Bertz CT molecular complexity index is 991. The topological polar surface area (TPSA) is 29.1 Å². The minimum absolute atomic E-state index is 0.131. The maximum atomic E-state index is 12.9. The number of hydrogen-bond acceptors (Lipinski definition) is 1. The van der Waals surface area contributed by atoms with Gasteiger partial charge in [0.2, 0.25) is 5.91 Å². The fourth-order valence-corrected chi connectivity index (χ4v) is 3.35. The van der Waals surface area contributed by atoms with Crippen molar-refractivity contribution in [2.75, 3.05) is 5.32 Å². The normalized spacial score (nSPS) is 14.1. The number of anilines is 1. The summed E-state index contributed by atoms with van der Waals surface area (Å²) in [6, 6.07) is 23.7. The second-order valence-corrected chi connectivity index (χ2v) is 6.56. The molecule has 0 atom stereocenters. The Morgan fingerprint density at radius 2 is 1.29 bits per heavy atom.